The van der Waals surface area contributed by atoms with Crippen molar-refractivity contribution in [1.82, 2.24) is 0 Å². The Bertz CT molecular complexity index is 440. The zero-order valence-corrected chi connectivity index (χ0v) is 14.9. The fourth-order valence-electron chi connectivity index (χ4n) is 2.34. The van der Waals surface area contributed by atoms with Gasteiger partial charge in [-0.15, -0.1) is 0 Å². The second kappa shape index (κ2) is 12.3. The van der Waals surface area contributed by atoms with E-state index in [0.29, 0.717) is 12.8 Å². The third kappa shape index (κ3) is 11.1. The van der Waals surface area contributed by atoms with E-state index < -0.39 is 29.3 Å². The maximum absolute atomic E-state index is 11.7. The first kappa shape index (κ1) is 22.9. The van der Waals surface area contributed by atoms with Gasteiger partial charge in [-0.2, -0.15) is 0 Å². The molecule has 144 valence electrons. The molecule has 0 bridgehead atoms. The van der Waals surface area contributed by atoms with Crippen LogP contribution < -0.4 is 0 Å². The van der Waals surface area contributed by atoms with Crippen LogP contribution in [0, 0.1) is 5.41 Å². The van der Waals surface area contributed by atoms with E-state index in [1.807, 2.05) is 0 Å². The minimum Gasteiger partial charge on any atom is -0.481 e. The molecule has 0 aromatic rings. The summed E-state index contributed by atoms with van der Waals surface area (Å²) in [5.41, 5.74) is -1.44. The average molecular weight is 360 g/mol. The third-order valence-corrected chi connectivity index (χ3v) is 3.85. The van der Waals surface area contributed by atoms with Crippen molar-refractivity contribution < 1.29 is 38.9 Å². The van der Waals surface area contributed by atoms with E-state index in [1.54, 1.807) is 0 Å². The number of carbonyl (C=O) groups excluding carboxylic acids is 2. The number of carbonyl (C=O) groups is 4. The van der Waals surface area contributed by atoms with E-state index in [4.69, 9.17) is 14.6 Å². The first-order valence-corrected chi connectivity index (χ1v) is 8.41. The molecular formula is C17H28O8. The summed E-state index contributed by atoms with van der Waals surface area (Å²) >= 11 is 0. The molecule has 0 heterocycles. The molecule has 0 spiro atoms. The standard InChI is InChI=1S/C17H28O8/c1-13(18)24-11-17(16(22)23,12-25-14(2)19)10-8-6-4-3-5-7-9-15(20)21/h3-12H2,1-2H3,(H,20,21)(H,22,23). The molecule has 0 fully saturated rings. The minimum absolute atomic E-state index is 0.160. The monoisotopic (exact) mass is 360 g/mol. The van der Waals surface area contributed by atoms with Crippen LogP contribution in [0.25, 0.3) is 0 Å². The molecule has 2 N–H and O–H groups in total. The number of esters is 2. The van der Waals surface area contributed by atoms with E-state index in [9.17, 15) is 24.3 Å². The van der Waals surface area contributed by atoms with Crippen LogP contribution in [0.2, 0.25) is 0 Å². The molecule has 0 rings (SSSR count). The number of hydrogen-bond acceptors (Lipinski definition) is 6. The summed E-state index contributed by atoms with van der Waals surface area (Å²) in [4.78, 5) is 44.1. The van der Waals surface area contributed by atoms with Crippen molar-refractivity contribution in [2.75, 3.05) is 13.2 Å². The SMILES string of the molecule is CC(=O)OCC(CCCCCCCCC(=O)O)(COC(C)=O)C(=O)O. The Morgan fingerprint density at radius 3 is 1.60 bits per heavy atom. The normalized spacial score (nSPS) is 11.0. The van der Waals surface area contributed by atoms with E-state index in [-0.39, 0.29) is 26.1 Å². The molecule has 0 aliphatic carbocycles. The van der Waals surface area contributed by atoms with Gasteiger partial charge in [-0.05, 0) is 12.8 Å². The second-order valence-electron chi connectivity index (χ2n) is 6.16. The Balaban J connectivity index is 4.40. The molecule has 0 aromatic heterocycles. The van der Waals surface area contributed by atoms with Crippen molar-refractivity contribution in [3.05, 3.63) is 0 Å². The largest absolute Gasteiger partial charge is 0.481 e. The van der Waals surface area contributed by atoms with Gasteiger partial charge < -0.3 is 19.7 Å². The summed E-state index contributed by atoms with van der Waals surface area (Å²) in [6.07, 6.45) is 4.91. The Labute approximate surface area is 147 Å². The average Bonchev–Trinajstić information content (AvgIpc) is 2.51. The summed E-state index contributed by atoms with van der Waals surface area (Å²) in [5, 5.41) is 18.1. The number of aliphatic carboxylic acids is 2. The molecule has 0 unspecified atom stereocenters. The maximum atomic E-state index is 11.7. The van der Waals surface area contributed by atoms with E-state index in [2.05, 4.69) is 0 Å². The molecule has 0 saturated heterocycles. The molecule has 0 aromatic carbocycles. The van der Waals surface area contributed by atoms with Gasteiger partial charge >= 0.3 is 23.9 Å². The molecule has 0 aliphatic rings. The molecule has 8 nitrogen and oxygen atoms in total. The Hall–Kier alpha value is -2.12. The van der Waals surface area contributed by atoms with Gasteiger partial charge in [0.15, 0.2) is 0 Å². The molecule has 0 amide bonds. The smallest absolute Gasteiger partial charge is 0.316 e. The van der Waals surface area contributed by atoms with Crippen LogP contribution in [-0.2, 0) is 28.7 Å². The summed E-state index contributed by atoms with van der Waals surface area (Å²) in [6, 6.07) is 0. The molecule has 8 heteroatoms. The highest BCUT2D eigenvalue weighted by Crippen LogP contribution is 2.28. The van der Waals surface area contributed by atoms with Crippen molar-refractivity contribution in [3.63, 3.8) is 0 Å². The number of carboxylic acid groups (broad SMARTS) is 2. The van der Waals surface area contributed by atoms with Gasteiger partial charge in [0.05, 0.1) is 0 Å². The predicted octanol–water partition coefficient (Wildman–Crippen LogP) is 2.39. The highest BCUT2D eigenvalue weighted by atomic mass is 16.5. The number of rotatable bonds is 14. The Morgan fingerprint density at radius 1 is 0.760 bits per heavy atom. The van der Waals surface area contributed by atoms with Crippen LogP contribution in [0.15, 0.2) is 0 Å². The lowest BCUT2D eigenvalue weighted by atomic mass is 9.84. The molecule has 0 atom stereocenters. The molecule has 0 radical (unpaired) electrons. The molecular weight excluding hydrogens is 332 g/mol. The Kier molecular flexibility index (Phi) is 11.2. The van der Waals surface area contributed by atoms with Crippen molar-refractivity contribution in [2.24, 2.45) is 5.41 Å². The van der Waals surface area contributed by atoms with E-state index in [0.717, 1.165) is 25.7 Å². The van der Waals surface area contributed by atoms with Crippen molar-refractivity contribution in [3.8, 4) is 0 Å². The van der Waals surface area contributed by atoms with Gasteiger partial charge in [-0.3, -0.25) is 19.2 Å². The van der Waals surface area contributed by atoms with Gasteiger partial charge in [-0.1, -0.05) is 32.1 Å². The van der Waals surface area contributed by atoms with Gasteiger partial charge in [0.25, 0.3) is 0 Å². The van der Waals surface area contributed by atoms with Crippen LogP contribution in [0.5, 0.6) is 0 Å². The zero-order valence-electron chi connectivity index (χ0n) is 14.9. The summed E-state index contributed by atoms with van der Waals surface area (Å²) in [7, 11) is 0. The number of hydrogen-bond donors (Lipinski definition) is 2. The summed E-state index contributed by atoms with van der Waals surface area (Å²) in [6.45, 7) is 1.69. The lowest BCUT2D eigenvalue weighted by molar-refractivity contribution is -0.166. The van der Waals surface area contributed by atoms with Crippen LogP contribution >= 0.6 is 0 Å². The summed E-state index contributed by atoms with van der Waals surface area (Å²) < 4.78 is 9.73. The highest BCUT2D eigenvalue weighted by Gasteiger charge is 2.41. The minimum atomic E-state index is -1.44. The lowest BCUT2D eigenvalue weighted by Gasteiger charge is -2.28. The highest BCUT2D eigenvalue weighted by molar-refractivity contribution is 5.76. The third-order valence-electron chi connectivity index (χ3n) is 3.85. The number of carboxylic acids is 2. The Morgan fingerprint density at radius 2 is 1.20 bits per heavy atom. The van der Waals surface area contributed by atoms with Crippen LogP contribution in [0.4, 0.5) is 0 Å². The molecule has 25 heavy (non-hydrogen) atoms. The maximum Gasteiger partial charge on any atom is 0.316 e. The molecule has 0 aliphatic heterocycles. The van der Waals surface area contributed by atoms with E-state index in [1.165, 1.54) is 13.8 Å². The predicted molar refractivity (Wildman–Crippen MR) is 87.9 cm³/mol. The first-order chi connectivity index (χ1) is 11.7. The first-order valence-electron chi connectivity index (χ1n) is 8.41. The number of ether oxygens (including phenoxy) is 2. The van der Waals surface area contributed by atoms with Crippen LogP contribution in [0.3, 0.4) is 0 Å². The van der Waals surface area contributed by atoms with Crippen molar-refractivity contribution >= 4 is 23.9 Å². The fourth-order valence-corrected chi connectivity index (χ4v) is 2.34. The summed E-state index contributed by atoms with van der Waals surface area (Å²) in [5.74, 6) is -3.16. The zero-order chi connectivity index (χ0) is 19.3. The number of unbranched alkanes of at least 4 members (excludes halogenated alkanes) is 5. The van der Waals surface area contributed by atoms with Gasteiger partial charge in [0.2, 0.25) is 0 Å². The van der Waals surface area contributed by atoms with Crippen molar-refractivity contribution in [2.45, 2.75) is 65.2 Å². The van der Waals surface area contributed by atoms with Gasteiger partial charge in [-0.25, -0.2) is 0 Å². The molecule has 0 saturated carbocycles. The quantitative estimate of drug-likeness (QED) is 0.357. The van der Waals surface area contributed by atoms with E-state index >= 15 is 0 Å². The van der Waals surface area contributed by atoms with Gasteiger partial charge in [0.1, 0.15) is 18.6 Å². The lowest BCUT2D eigenvalue weighted by Crippen LogP contribution is -2.41. The van der Waals surface area contributed by atoms with Crippen LogP contribution in [-0.4, -0.2) is 47.3 Å². The van der Waals surface area contributed by atoms with Gasteiger partial charge in [0, 0.05) is 20.3 Å². The second-order valence-corrected chi connectivity index (χ2v) is 6.16. The van der Waals surface area contributed by atoms with Crippen molar-refractivity contribution in [1.29, 1.82) is 0 Å². The fraction of sp³-hybridized carbons (Fsp3) is 0.765. The van der Waals surface area contributed by atoms with Crippen LogP contribution in [0.1, 0.15) is 65.2 Å². The topological polar surface area (TPSA) is 127 Å².